The van der Waals surface area contributed by atoms with E-state index in [4.69, 9.17) is 0 Å². The second-order valence-electron chi connectivity index (χ2n) is 3.74. The molecule has 0 spiro atoms. The number of hydrogen-bond acceptors (Lipinski definition) is 5. The largest absolute Gasteiger partial charge is 0.386 e. The molecular weight excluding hydrogens is 218 g/mol. The second-order valence-corrected chi connectivity index (χ2v) is 3.74. The predicted octanol–water partition coefficient (Wildman–Crippen LogP) is 0.673. The van der Waals surface area contributed by atoms with E-state index in [1.807, 2.05) is 6.92 Å². The molecular formula is C11H15N5O. The van der Waals surface area contributed by atoms with E-state index in [1.165, 1.54) is 6.33 Å². The highest BCUT2D eigenvalue weighted by atomic mass is 16.3. The van der Waals surface area contributed by atoms with Gasteiger partial charge in [0.25, 0.3) is 0 Å². The molecule has 0 fully saturated rings. The van der Waals surface area contributed by atoms with Crippen molar-refractivity contribution >= 4 is 0 Å². The molecule has 0 aromatic carbocycles. The van der Waals surface area contributed by atoms with E-state index >= 15 is 0 Å². The smallest absolute Gasteiger partial charge is 0.138 e. The van der Waals surface area contributed by atoms with Crippen molar-refractivity contribution in [2.45, 2.75) is 32.9 Å². The van der Waals surface area contributed by atoms with Crippen molar-refractivity contribution < 1.29 is 5.11 Å². The molecule has 2 aromatic heterocycles. The molecule has 0 aliphatic heterocycles. The number of rotatable bonds is 4. The molecule has 0 aliphatic rings. The molecule has 1 N–H and O–H groups in total. The van der Waals surface area contributed by atoms with Crippen LogP contribution in [0.1, 0.15) is 30.4 Å². The maximum atomic E-state index is 10.1. The summed E-state index contributed by atoms with van der Waals surface area (Å²) < 4.78 is 1.76. The van der Waals surface area contributed by atoms with Crippen LogP contribution in [0.2, 0.25) is 0 Å². The van der Waals surface area contributed by atoms with Gasteiger partial charge in [0.2, 0.25) is 0 Å². The van der Waals surface area contributed by atoms with E-state index in [0.29, 0.717) is 17.9 Å². The normalized spacial score (nSPS) is 12.6. The Morgan fingerprint density at radius 1 is 1.41 bits per heavy atom. The van der Waals surface area contributed by atoms with Gasteiger partial charge in [-0.15, -0.1) is 0 Å². The highest BCUT2D eigenvalue weighted by Crippen LogP contribution is 2.14. The Hall–Kier alpha value is -1.82. The van der Waals surface area contributed by atoms with Crippen LogP contribution in [0, 0.1) is 6.92 Å². The van der Waals surface area contributed by atoms with E-state index in [-0.39, 0.29) is 0 Å². The predicted molar refractivity (Wildman–Crippen MR) is 61.1 cm³/mol. The molecule has 0 aliphatic carbocycles. The van der Waals surface area contributed by atoms with Gasteiger partial charge in [0, 0.05) is 19.2 Å². The number of nitrogens with zero attached hydrogens (tertiary/aromatic N) is 5. The number of aliphatic hydroxyl groups is 1. The van der Waals surface area contributed by atoms with Gasteiger partial charge in [-0.2, -0.15) is 5.10 Å². The van der Waals surface area contributed by atoms with Gasteiger partial charge in [-0.1, -0.05) is 0 Å². The summed E-state index contributed by atoms with van der Waals surface area (Å²) in [5.74, 6) is 1.41. The first-order valence-electron chi connectivity index (χ1n) is 5.55. The molecule has 1 atom stereocenters. The summed E-state index contributed by atoms with van der Waals surface area (Å²) in [4.78, 5) is 12.3. The fourth-order valence-corrected chi connectivity index (χ4v) is 1.65. The third kappa shape index (κ3) is 2.65. The summed E-state index contributed by atoms with van der Waals surface area (Å²) >= 11 is 0. The lowest BCUT2D eigenvalue weighted by Gasteiger charge is -2.10. The second kappa shape index (κ2) is 5.01. The Kier molecular flexibility index (Phi) is 3.43. The Morgan fingerprint density at radius 3 is 2.94 bits per heavy atom. The summed E-state index contributed by atoms with van der Waals surface area (Å²) in [6, 6.07) is 1.71. The maximum Gasteiger partial charge on any atom is 0.138 e. The van der Waals surface area contributed by atoms with Crippen LogP contribution in [0.25, 0.3) is 0 Å². The van der Waals surface area contributed by atoms with Gasteiger partial charge in [-0.05, 0) is 19.9 Å². The summed E-state index contributed by atoms with van der Waals surface area (Å²) in [5, 5.41) is 14.1. The zero-order valence-corrected chi connectivity index (χ0v) is 9.91. The summed E-state index contributed by atoms with van der Waals surface area (Å²) in [7, 11) is 0. The lowest BCUT2D eigenvalue weighted by molar-refractivity contribution is 0.169. The van der Waals surface area contributed by atoms with Crippen molar-refractivity contribution in [3.63, 3.8) is 0 Å². The molecule has 2 rings (SSSR count). The summed E-state index contributed by atoms with van der Waals surface area (Å²) in [5.41, 5.74) is 0.614. The zero-order chi connectivity index (χ0) is 12.3. The van der Waals surface area contributed by atoms with Crippen LogP contribution < -0.4 is 0 Å². The average Bonchev–Trinajstić information content (AvgIpc) is 2.76. The maximum absolute atomic E-state index is 10.1. The molecule has 0 amide bonds. The van der Waals surface area contributed by atoms with E-state index in [9.17, 15) is 5.11 Å². The minimum atomic E-state index is -0.675. The van der Waals surface area contributed by atoms with Gasteiger partial charge in [-0.25, -0.2) is 15.0 Å². The molecule has 0 saturated carbocycles. The molecule has 1 unspecified atom stereocenters. The third-order valence-electron chi connectivity index (χ3n) is 2.51. The van der Waals surface area contributed by atoms with Gasteiger partial charge in [-0.3, -0.25) is 4.68 Å². The topological polar surface area (TPSA) is 76.7 Å². The van der Waals surface area contributed by atoms with Crippen LogP contribution in [0.3, 0.4) is 0 Å². The number of aliphatic hydroxyl groups excluding tert-OH is 1. The molecule has 6 nitrogen and oxygen atoms in total. The van der Waals surface area contributed by atoms with Gasteiger partial charge in [0.15, 0.2) is 0 Å². The highest BCUT2D eigenvalue weighted by molar-refractivity contribution is 5.07. The average molecular weight is 233 g/mol. The number of hydrogen-bond donors (Lipinski definition) is 1. The van der Waals surface area contributed by atoms with Crippen molar-refractivity contribution in [1.29, 1.82) is 0 Å². The first-order valence-corrected chi connectivity index (χ1v) is 5.55. The van der Waals surface area contributed by atoms with Crippen LogP contribution in [0.4, 0.5) is 0 Å². The Balaban J connectivity index is 2.14. The van der Waals surface area contributed by atoms with Crippen molar-refractivity contribution in [2.24, 2.45) is 0 Å². The SMILES string of the molecule is CCn1ncnc1CC(O)c1ccnc(C)n1. The summed E-state index contributed by atoms with van der Waals surface area (Å²) in [6.45, 7) is 4.52. The lowest BCUT2D eigenvalue weighted by Crippen LogP contribution is -2.11. The van der Waals surface area contributed by atoms with Gasteiger partial charge in [0.05, 0.1) is 5.69 Å². The standard InChI is InChI=1S/C11H15N5O/c1-3-16-11(13-7-14-16)6-10(17)9-4-5-12-8(2)15-9/h4-5,7,10,17H,3,6H2,1-2H3. The van der Waals surface area contributed by atoms with E-state index in [0.717, 1.165) is 12.4 Å². The highest BCUT2D eigenvalue weighted by Gasteiger charge is 2.14. The van der Waals surface area contributed by atoms with Gasteiger partial charge >= 0.3 is 0 Å². The van der Waals surface area contributed by atoms with Crippen LogP contribution in [0.5, 0.6) is 0 Å². The molecule has 90 valence electrons. The fraction of sp³-hybridized carbons (Fsp3) is 0.455. The molecule has 2 aromatic rings. The third-order valence-corrected chi connectivity index (χ3v) is 2.51. The zero-order valence-electron chi connectivity index (χ0n) is 9.91. The molecule has 0 bridgehead atoms. The van der Waals surface area contributed by atoms with Crippen molar-refractivity contribution in [3.05, 3.63) is 35.9 Å². The number of aryl methyl sites for hydroxylation is 2. The number of aromatic nitrogens is 5. The minimum Gasteiger partial charge on any atom is -0.386 e. The quantitative estimate of drug-likeness (QED) is 0.840. The molecule has 6 heteroatoms. The fourth-order valence-electron chi connectivity index (χ4n) is 1.65. The molecule has 0 radical (unpaired) electrons. The molecule has 0 saturated heterocycles. The minimum absolute atomic E-state index is 0.407. The monoisotopic (exact) mass is 233 g/mol. The van der Waals surface area contributed by atoms with E-state index in [1.54, 1.807) is 23.9 Å². The van der Waals surface area contributed by atoms with Gasteiger partial charge < -0.3 is 5.11 Å². The first kappa shape index (κ1) is 11.7. The Labute approximate surface area is 99.4 Å². The van der Waals surface area contributed by atoms with Crippen LogP contribution in [0.15, 0.2) is 18.6 Å². The Morgan fingerprint density at radius 2 is 2.24 bits per heavy atom. The lowest BCUT2D eigenvalue weighted by atomic mass is 10.1. The van der Waals surface area contributed by atoms with Gasteiger partial charge in [0.1, 0.15) is 24.1 Å². The van der Waals surface area contributed by atoms with Crippen LogP contribution >= 0.6 is 0 Å². The Bertz CT molecular complexity index is 496. The van der Waals surface area contributed by atoms with E-state index in [2.05, 4.69) is 20.1 Å². The van der Waals surface area contributed by atoms with Crippen molar-refractivity contribution in [2.75, 3.05) is 0 Å². The van der Waals surface area contributed by atoms with Crippen molar-refractivity contribution in [3.8, 4) is 0 Å². The van der Waals surface area contributed by atoms with Crippen molar-refractivity contribution in [1.82, 2.24) is 24.7 Å². The van der Waals surface area contributed by atoms with Crippen LogP contribution in [-0.4, -0.2) is 29.8 Å². The summed E-state index contributed by atoms with van der Waals surface area (Å²) in [6.07, 6.45) is 2.87. The first-order chi connectivity index (χ1) is 8.20. The molecule has 2 heterocycles. The molecule has 17 heavy (non-hydrogen) atoms. The van der Waals surface area contributed by atoms with Crippen LogP contribution in [-0.2, 0) is 13.0 Å². The van der Waals surface area contributed by atoms with E-state index < -0.39 is 6.10 Å².